The lowest BCUT2D eigenvalue weighted by Crippen LogP contribution is -2.25. The van der Waals surface area contributed by atoms with Gasteiger partial charge in [-0.05, 0) is 31.9 Å². The van der Waals surface area contributed by atoms with Gasteiger partial charge in [-0.2, -0.15) is 0 Å². The second-order valence-corrected chi connectivity index (χ2v) is 5.63. The molecule has 1 N–H and O–H groups in total. The van der Waals surface area contributed by atoms with Gasteiger partial charge in [0.15, 0.2) is 0 Å². The molecule has 0 radical (unpaired) electrons. The van der Waals surface area contributed by atoms with Crippen LogP contribution in [0.4, 0.5) is 5.95 Å². The van der Waals surface area contributed by atoms with E-state index >= 15 is 0 Å². The molecular weight excluding hydrogens is 294 g/mol. The molecule has 0 aliphatic carbocycles. The summed E-state index contributed by atoms with van der Waals surface area (Å²) in [6, 6.07) is 3.83. The predicted octanol–water partition coefficient (Wildman–Crippen LogP) is 1.93. The average Bonchev–Trinajstić information content (AvgIpc) is 3.03. The zero-order chi connectivity index (χ0) is 16.2. The Bertz CT molecular complexity index is 692. The van der Waals surface area contributed by atoms with Gasteiger partial charge in [-0.1, -0.05) is 0 Å². The van der Waals surface area contributed by atoms with Crippen molar-refractivity contribution in [3.8, 4) is 0 Å². The Morgan fingerprint density at radius 1 is 1.35 bits per heavy atom. The molecule has 23 heavy (non-hydrogen) atoms. The summed E-state index contributed by atoms with van der Waals surface area (Å²) >= 11 is 0. The number of hydrogen-bond acceptors (Lipinski definition) is 6. The molecule has 7 heteroatoms. The van der Waals surface area contributed by atoms with E-state index in [-0.39, 0.29) is 12.5 Å². The number of anilines is 1. The molecule has 0 spiro atoms. The van der Waals surface area contributed by atoms with Gasteiger partial charge in [-0.25, -0.2) is 19.9 Å². The fourth-order valence-electron chi connectivity index (χ4n) is 2.94. The maximum Gasteiger partial charge on any atom is 0.303 e. The number of carboxylic acid groups (broad SMARTS) is 1. The first-order chi connectivity index (χ1) is 11.1. The van der Waals surface area contributed by atoms with E-state index in [9.17, 15) is 4.79 Å². The van der Waals surface area contributed by atoms with Crippen LogP contribution in [-0.2, 0) is 11.2 Å². The molecule has 2 aromatic rings. The van der Waals surface area contributed by atoms with Crippen molar-refractivity contribution >= 4 is 11.9 Å². The van der Waals surface area contributed by atoms with E-state index in [1.807, 2.05) is 13.0 Å². The normalized spacial score (nSPS) is 17.4. The van der Waals surface area contributed by atoms with Crippen LogP contribution in [0.25, 0.3) is 0 Å². The molecule has 3 rings (SSSR count). The standard InChI is InChI=1S/C16H19N5O2/c1-11-19-12(5-6-15(22)23)10-13(20-11)14-4-2-9-21(14)16-17-7-3-8-18-16/h3,7-8,10,14H,2,4-6,9H2,1H3,(H,22,23)/t14-/m0/s1. The molecule has 2 aromatic heterocycles. The lowest BCUT2D eigenvalue weighted by Gasteiger charge is -2.24. The molecule has 120 valence electrons. The van der Waals surface area contributed by atoms with Crippen LogP contribution in [0.2, 0.25) is 0 Å². The molecule has 0 unspecified atom stereocenters. The minimum Gasteiger partial charge on any atom is -0.481 e. The summed E-state index contributed by atoms with van der Waals surface area (Å²) in [5, 5.41) is 8.85. The van der Waals surface area contributed by atoms with E-state index < -0.39 is 5.97 Å². The molecule has 7 nitrogen and oxygen atoms in total. The summed E-state index contributed by atoms with van der Waals surface area (Å²) in [6.07, 6.45) is 6.00. The maximum atomic E-state index is 10.8. The van der Waals surface area contributed by atoms with Gasteiger partial charge in [-0.3, -0.25) is 4.79 Å². The first-order valence-electron chi connectivity index (χ1n) is 7.73. The summed E-state index contributed by atoms with van der Waals surface area (Å²) in [5.41, 5.74) is 1.69. The Morgan fingerprint density at radius 2 is 2.13 bits per heavy atom. The third-order valence-corrected chi connectivity index (χ3v) is 3.91. The molecule has 3 heterocycles. The Morgan fingerprint density at radius 3 is 2.87 bits per heavy atom. The molecule has 1 aliphatic heterocycles. The smallest absolute Gasteiger partial charge is 0.303 e. The largest absolute Gasteiger partial charge is 0.481 e. The third-order valence-electron chi connectivity index (χ3n) is 3.91. The summed E-state index contributed by atoms with van der Waals surface area (Å²) in [4.78, 5) is 30.5. The Balaban J connectivity index is 1.86. The molecule has 1 atom stereocenters. The first kappa shape index (κ1) is 15.3. The van der Waals surface area contributed by atoms with Crippen molar-refractivity contribution in [2.24, 2.45) is 0 Å². The van der Waals surface area contributed by atoms with Gasteiger partial charge in [0.05, 0.1) is 18.2 Å². The van der Waals surface area contributed by atoms with Gasteiger partial charge < -0.3 is 10.0 Å². The highest BCUT2D eigenvalue weighted by molar-refractivity contribution is 5.66. The molecule has 1 aliphatic rings. The summed E-state index contributed by atoms with van der Waals surface area (Å²) < 4.78 is 0. The van der Waals surface area contributed by atoms with Crippen LogP contribution in [0.1, 0.15) is 42.5 Å². The van der Waals surface area contributed by atoms with Crippen molar-refractivity contribution in [1.29, 1.82) is 0 Å². The van der Waals surface area contributed by atoms with Gasteiger partial charge in [0, 0.05) is 31.1 Å². The van der Waals surface area contributed by atoms with Crippen molar-refractivity contribution in [2.45, 2.75) is 38.6 Å². The fraction of sp³-hybridized carbons (Fsp3) is 0.438. The Kier molecular flexibility index (Phi) is 4.45. The van der Waals surface area contributed by atoms with Crippen molar-refractivity contribution in [3.63, 3.8) is 0 Å². The molecule has 0 amide bonds. The van der Waals surface area contributed by atoms with Crippen LogP contribution in [0, 0.1) is 6.92 Å². The van der Waals surface area contributed by atoms with Gasteiger partial charge in [-0.15, -0.1) is 0 Å². The molecule has 1 fully saturated rings. The SMILES string of the molecule is Cc1nc(CCC(=O)O)cc([C@@H]2CCCN2c2ncccn2)n1. The minimum absolute atomic E-state index is 0.0755. The van der Waals surface area contributed by atoms with Crippen molar-refractivity contribution in [1.82, 2.24) is 19.9 Å². The second-order valence-electron chi connectivity index (χ2n) is 5.63. The van der Waals surface area contributed by atoms with Gasteiger partial charge in [0.1, 0.15) is 5.82 Å². The quantitative estimate of drug-likeness (QED) is 0.901. The Hall–Kier alpha value is -2.57. The number of nitrogens with zero attached hydrogens (tertiary/aromatic N) is 5. The van der Waals surface area contributed by atoms with Crippen LogP contribution >= 0.6 is 0 Å². The van der Waals surface area contributed by atoms with E-state index in [2.05, 4.69) is 24.8 Å². The predicted molar refractivity (Wildman–Crippen MR) is 84.1 cm³/mol. The average molecular weight is 313 g/mol. The molecule has 0 saturated carbocycles. The van der Waals surface area contributed by atoms with Gasteiger partial charge >= 0.3 is 5.97 Å². The number of hydrogen-bond donors (Lipinski definition) is 1. The molecular formula is C16H19N5O2. The van der Waals surface area contributed by atoms with Crippen LogP contribution in [0.15, 0.2) is 24.5 Å². The first-order valence-corrected chi connectivity index (χ1v) is 7.73. The maximum absolute atomic E-state index is 10.8. The van der Waals surface area contributed by atoms with E-state index in [0.29, 0.717) is 18.2 Å². The van der Waals surface area contributed by atoms with E-state index in [0.717, 1.165) is 30.8 Å². The topological polar surface area (TPSA) is 92.1 Å². The summed E-state index contributed by atoms with van der Waals surface area (Å²) in [7, 11) is 0. The number of aliphatic carboxylic acids is 1. The Labute approximate surface area is 134 Å². The molecule has 0 aromatic carbocycles. The highest BCUT2D eigenvalue weighted by atomic mass is 16.4. The third kappa shape index (κ3) is 3.61. The van der Waals surface area contributed by atoms with E-state index in [4.69, 9.17) is 5.11 Å². The molecule has 1 saturated heterocycles. The van der Waals surface area contributed by atoms with E-state index in [1.54, 1.807) is 18.5 Å². The minimum atomic E-state index is -0.817. The monoisotopic (exact) mass is 313 g/mol. The van der Waals surface area contributed by atoms with Crippen molar-refractivity contribution < 1.29 is 9.90 Å². The summed E-state index contributed by atoms with van der Waals surface area (Å²) in [5.74, 6) is 0.560. The lowest BCUT2D eigenvalue weighted by molar-refractivity contribution is -0.136. The number of rotatable bonds is 5. The van der Waals surface area contributed by atoms with Gasteiger partial charge in [0.25, 0.3) is 0 Å². The van der Waals surface area contributed by atoms with Crippen LogP contribution < -0.4 is 4.90 Å². The number of aromatic nitrogens is 4. The second kappa shape index (κ2) is 6.68. The number of carbonyl (C=O) groups is 1. The molecule has 0 bridgehead atoms. The number of carboxylic acids is 1. The number of aryl methyl sites for hydroxylation is 2. The van der Waals surface area contributed by atoms with Crippen molar-refractivity contribution in [3.05, 3.63) is 41.7 Å². The fourth-order valence-corrected chi connectivity index (χ4v) is 2.94. The zero-order valence-electron chi connectivity index (χ0n) is 13.0. The summed E-state index contributed by atoms with van der Waals surface area (Å²) in [6.45, 7) is 2.73. The van der Waals surface area contributed by atoms with Gasteiger partial charge in [0.2, 0.25) is 5.95 Å². The van der Waals surface area contributed by atoms with Crippen molar-refractivity contribution in [2.75, 3.05) is 11.4 Å². The highest BCUT2D eigenvalue weighted by Gasteiger charge is 2.29. The van der Waals surface area contributed by atoms with Crippen LogP contribution in [-0.4, -0.2) is 37.6 Å². The lowest BCUT2D eigenvalue weighted by atomic mass is 10.1. The van der Waals surface area contributed by atoms with Crippen LogP contribution in [0.5, 0.6) is 0 Å². The highest BCUT2D eigenvalue weighted by Crippen LogP contribution is 2.33. The van der Waals surface area contributed by atoms with E-state index in [1.165, 1.54) is 0 Å². The zero-order valence-corrected chi connectivity index (χ0v) is 13.0. The van der Waals surface area contributed by atoms with Crippen LogP contribution in [0.3, 0.4) is 0 Å².